The third-order valence-corrected chi connectivity index (χ3v) is 4.28. The van der Waals surface area contributed by atoms with Gasteiger partial charge in [0.1, 0.15) is 5.82 Å². The molecule has 0 aliphatic rings. The van der Waals surface area contributed by atoms with E-state index in [9.17, 15) is 4.39 Å². The lowest BCUT2D eigenvalue weighted by atomic mass is 10.1. The predicted octanol–water partition coefficient (Wildman–Crippen LogP) is 4.61. The molecule has 1 nitrogen and oxygen atoms in total. The molecule has 0 saturated heterocycles. The summed E-state index contributed by atoms with van der Waals surface area (Å²) in [4.78, 5) is 2.20. The molecule has 0 aliphatic carbocycles. The highest BCUT2D eigenvalue weighted by Crippen LogP contribution is 2.35. The first-order valence-electron chi connectivity index (χ1n) is 6.27. The highest BCUT2D eigenvalue weighted by molar-refractivity contribution is 7.99. The minimum atomic E-state index is -0.239. The van der Waals surface area contributed by atoms with Crippen LogP contribution >= 0.6 is 11.8 Å². The van der Waals surface area contributed by atoms with Gasteiger partial charge in [-0.05, 0) is 56.2 Å². The third-order valence-electron chi connectivity index (χ3n) is 3.01. The number of hydrogen-bond donors (Lipinski definition) is 1. The maximum Gasteiger partial charge on any atom is 0.123 e. The normalized spacial score (nSPS) is 12.5. The highest BCUT2D eigenvalue weighted by Gasteiger charge is 2.11. The molecule has 1 atom stereocenters. The number of halogens is 1. The Labute approximate surface area is 118 Å². The fourth-order valence-corrected chi connectivity index (χ4v) is 3.09. The fourth-order valence-electron chi connectivity index (χ4n) is 2.00. The van der Waals surface area contributed by atoms with Gasteiger partial charge in [0, 0.05) is 15.8 Å². The summed E-state index contributed by atoms with van der Waals surface area (Å²) in [6, 6.07) is 11.0. The van der Waals surface area contributed by atoms with Crippen LogP contribution in [0.25, 0.3) is 0 Å². The Balaban J connectivity index is 2.38. The lowest BCUT2D eigenvalue weighted by Gasteiger charge is -2.14. The molecule has 0 bridgehead atoms. The summed E-state index contributed by atoms with van der Waals surface area (Å²) in [5.41, 5.74) is 9.24. The summed E-state index contributed by atoms with van der Waals surface area (Å²) in [5.74, 6) is -0.239. The average molecular weight is 275 g/mol. The van der Waals surface area contributed by atoms with Gasteiger partial charge in [0.05, 0.1) is 0 Å². The van der Waals surface area contributed by atoms with Gasteiger partial charge in [-0.15, -0.1) is 0 Å². The van der Waals surface area contributed by atoms with Crippen LogP contribution in [0.5, 0.6) is 0 Å². The second-order valence-corrected chi connectivity index (χ2v) is 5.93. The van der Waals surface area contributed by atoms with Crippen molar-refractivity contribution in [1.29, 1.82) is 0 Å². The molecule has 2 aromatic carbocycles. The highest BCUT2D eigenvalue weighted by atomic mass is 32.2. The van der Waals surface area contributed by atoms with E-state index in [1.807, 2.05) is 6.92 Å². The SMILES string of the molecule is Cc1ccc(Sc2ccc(F)cc2[C@H](C)N)c(C)c1. The summed E-state index contributed by atoms with van der Waals surface area (Å²) < 4.78 is 13.3. The molecule has 0 fully saturated rings. The summed E-state index contributed by atoms with van der Waals surface area (Å²) in [7, 11) is 0. The molecule has 2 aromatic rings. The fraction of sp³-hybridized carbons (Fsp3) is 0.250. The first-order chi connectivity index (χ1) is 8.97. The molecule has 0 saturated carbocycles. The van der Waals surface area contributed by atoms with Crippen molar-refractivity contribution in [1.82, 2.24) is 0 Å². The maximum atomic E-state index is 13.3. The molecular weight excluding hydrogens is 257 g/mol. The molecule has 0 spiro atoms. The van der Waals surface area contributed by atoms with Crippen molar-refractivity contribution in [3.05, 3.63) is 58.9 Å². The zero-order valence-electron chi connectivity index (χ0n) is 11.4. The van der Waals surface area contributed by atoms with Gasteiger partial charge in [-0.1, -0.05) is 29.5 Å². The molecule has 3 heteroatoms. The van der Waals surface area contributed by atoms with Crippen LogP contribution in [0.15, 0.2) is 46.2 Å². The van der Waals surface area contributed by atoms with Gasteiger partial charge in [-0.2, -0.15) is 0 Å². The first-order valence-corrected chi connectivity index (χ1v) is 7.09. The topological polar surface area (TPSA) is 26.0 Å². The van der Waals surface area contributed by atoms with Crippen LogP contribution < -0.4 is 5.73 Å². The largest absolute Gasteiger partial charge is 0.324 e. The molecule has 19 heavy (non-hydrogen) atoms. The second kappa shape index (κ2) is 5.76. The van der Waals surface area contributed by atoms with Crippen molar-refractivity contribution in [2.45, 2.75) is 36.6 Å². The molecule has 0 aromatic heterocycles. The van der Waals surface area contributed by atoms with E-state index in [-0.39, 0.29) is 11.9 Å². The van der Waals surface area contributed by atoms with E-state index in [1.54, 1.807) is 17.8 Å². The molecule has 100 valence electrons. The molecule has 2 N–H and O–H groups in total. The predicted molar refractivity (Wildman–Crippen MR) is 79.0 cm³/mol. The summed E-state index contributed by atoms with van der Waals surface area (Å²) in [6.07, 6.45) is 0. The van der Waals surface area contributed by atoms with Gasteiger partial charge in [0.2, 0.25) is 0 Å². The lowest BCUT2D eigenvalue weighted by Crippen LogP contribution is -2.06. The molecular formula is C16H18FNS. The van der Waals surface area contributed by atoms with Gasteiger partial charge in [-0.25, -0.2) is 4.39 Å². The molecule has 0 heterocycles. The minimum absolute atomic E-state index is 0.177. The molecule has 0 aliphatic heterocycles. The van der Waals surface area contributed by atoms with Crippen molar-refractivity contribution in [3.8, 4) is 0 Å². The van der Waals surface area contributed by atoms with Gasteiger partial charge in [0.25, 0.3) is 0 Å². The Bertz CT molecular complexity index is 593. The summed E-state index contributed by atoms with van der Waals surface area (Å²) in [6.45, 7) is 6.04. The third kappa shape index (κ3) is 3.37. The van der Waals surface area contributed by atoms with E-state index < -0.39 is 0 Å². The minimum Gasteiger partial charge on any atom is -0.324 e. The van der Waals surface area contributed by atoms with Crippen molar-refractivity contribution >= 4 is 11.8 Å². The zero-order chi connectivity index (χ0) is 14.0. The number of nitrogens with two attached hydrogens (primary N) is 1. The van der Waals surface area contributed by atoms with E-state index >= 15 is 0 Å². The monoisotopic (exact) mass is 275 g/mol. The zero-order valence-corrected chi connectivity index (χ0v) is 12.2. The smallest absolute Gasteiger partial charge is 0.123 e. The van der Waals surface area contributed by atoms with Crippen molar-refractivity contribution < 1.29 is 4.39 Å². The first kappa shape index (κ1) is 14.1. The van der Waals surface area contributed by atoms with E-state index in [2.05, 4.69) is 32.0 Å². The van der Waals surface area contributed by atoms with Crippen LogP contribution in [-0.4, -0.2) is 0 Å². The molecule has 0 amide bonds. The summed E-state index contributed by atoms with van der Waals surface area (Å²) in [5, 5.41) is 0. The van der Waals surface area contributed by atoms with Gasteiger partial charge < -0.3 is 5.73 Å². The Kier molecular flexibility index (Phi) is 4.27. The van der Waals surface area contributed by atoms with E-state index in [4.69, 9.17) is 5.73 Å². The Morgan fingerprint density at radius 2 is 1.74 bits per heavy atom. The maximum absolute atomic E-state index is 13.3. The van der Waals surface area contributed by atoms with Crippen LogP contribution in [0, 0.1) is 19.7 Å². The molecule has 0 radical (unpaired) electrons. The Morgan fingerprint density at radius 1 is 1.05 bits per heavy atom. The molecule has 0 unspecified atom stereocenters. The Hall–Kier alpha value is -1.32. The van der Waals surface area contributed by atoms with Crippen LogP contribution in [0.2, 0.25) is 0 Å². The number of benzene rings is 2. The van der Waals surface area contributed by atoms with E-state index in [1.165, 1.54) is 28.2 Å². The standard InChI is InChI=1S/C16H18FNS/c1-10-4-6-15(11(2)8-10)19-16-7-5-13(17)9-14(16)12(3)18/h4-9,12H,18H2,1-3H3/t12-/m0/s1. The summed E-state index contributed by atoms with van der Waals surface area (Å²) >= 11 is 1.64. The van der Waals surface area contributed by atoms with E-state index in [0.29, 0.717) is 0 Å². The second-order valence-electron chi connectivity index (χ2n) is 4.84. The number of aryl methyl sites for hydroxylation is 2. The van der Waals surface area contributed by atoms with Crippen molar-refractivity contribution in [2.75, 3.05) is 0 Å². The van der Waals surface area contributed by atoms with E-state index in [0.717, 1.165) is 10.5 Å². The van der Waals surface area contributed by atoms with Crippen molar-refractivity contribution in [3.63, 3.8) is 0 Å². The average Bonchev–Trinajstić information content (AvgIpc) is 2.34. The number of hydrogen-bond acceptors (Lipinski definition) is 2. The van der Waals surface area contributed by atoms with Crippen LogP contribution in [0.1, 0.15) is 29.7 Å². The van der Waals surface area contributed by atoms with Gasteiger partial charge in [0.15, 0.2) is 0 Å². The number of rotatable bonds is 3. The van der Waals surface area contributed by atoms with Crippen LogP contribution in [-0.2, 0) is 0 Å². The quantitative estimate of drug-likeness (QED) is 0.885. The Morgan fingerprint density at radius 3 is 2.37 bits per heavy atom. The van der Waals surface area contributed by atoms with Crippen molar-refractivity contribution in [2.24, 2.45) is 5.73 Å². The van der Waals surface area contributed by atoms with Gasteiger partial charge >= 0.3 is 0 Å². The lowest BCUT2D eigenvalue weighted by molar-refractivity contribution is 0.619. The van der Waals surface area contributed by atoms with Crippen LogP contribution in [0.4, 0.5) is 4.39 Å². The van der Waals surface area contributed by atoms with Gasteiger partial charge in [-0.3, -0.25) is 0 Å². The molecule has 2 rings (SSSR count). The van der Waals surface area contributed by atoms with Crippen LogP contribution in [0.3, 0.4) is 0 Å².